The molecule has 0 spiro atoms. The van der Waals surface area contributed by atoms with Crippen molar-refractivity contribution in [3.63, 3.8) is 0 Å². The first-order valence-corrected chi connectivity index (χ1v) is 4.46. The summed E-state index contributed by atoms with van der Waals surface area (Å²) in [6.45, 7) is -1.35. The quantitative estimate of drug-likeness (QED) is 0.721. The fraction of sp³-hybridized carbons (Fsp3) is 0.875. The summed E-state index contributed by atoms with van der Waals surface area (Å²) in [5.41, 5.74) is 0. The van der Waals surface area contributed by atoms with Gasteiger partial charge in [0.05, 0.1) is 12.5 Å². The lowest BCUT2D eigenvalue weighted by Gasteiger charge is -2.19. The zero-order valence-electron chi connectivity index (χ0n) is 7.87. The molecule has 0 bridgehead atoms. The number of aliphatic hydroxyl groups is 1. The van der Waals surface area contributed by atoms with Gasteiger partial charge in [0.25, 0.3) is 0 Å². The van der Waals surface area contributed by atoms with E-state index < -0.39 is 37.1 Å². The molecule has 7 heteroatoms. The van der Waals surface area contributed by atoms with Crippen LogP contribution >= 0.6 is 0 Å². The molecule has 0 unspecified atom stereocenters. The van der Waals surface area contributed by atoms with E-state index in [9.17, 15) is 18.0 Å². The van der Waals surface area contributed by atoms with Crippen molar-refractivity contribution >= 4 is 5.97 Å². The van der Waals surface area contributed by atoms with E-state index >= 15 is 0 Å². The van der Waals surface area contributed by atoms with Crippen LogP contribution in [0.5, 0.6) is 0 Å². The zero-order valence-corrected chi connectivity index (χ0v) is 7.87. The third-order valence-electron chi connectivity index (χ3n) is 2.53. The standard InChI is InChI=1S/C8H12F3NO3/c9-8(10,11)6-2-12(3-7(14)15)1-5(6)4-13/h5-6,13H,1-4H2,(H,14,15)/t5-,6-/m1/s1. The Bertz CT molecular complexity index is 244. The molecule has 1 rings (SSSR count). The average molecular weight is 227 g/mol. The number of likely N-dealkylation sites (tertiary alicyclic amines) is 1. The molecule has 0 aliphatic carbocycles. The molecule has 2 atom stereocenters. The highest BCUT2D eigenvalue weighted by atomic mass is 19.4. The Labute approximate surface area is 84.3 Å². The molecule has 1 fully saturated rings. The Morgan fingerprint density at radius 3 is 2.33 bits per heavy atom. The number of alkyl halides is 3. The number of halogens is 3. The predicted molar refractivity (Wildman–Crippen MR) is 44.2 cm³/mol. The molecule has 1 aliphatic heterocycles. The molecule has 88 valence electrons. The van der Waals surface area contributed by atoms with E-state index in [0.29, 0.717) is 0 Å². The van der Waals surface area contributed by atoms with Gasteiger partial charge in [0.1, 0.15) is 0 Å². The lowest BCUT2D eigenvalue weighted by Crippen LogP contribution is -2.32. The van der Waals surface area contributed by atoms with Gasteiger partial charge in [-0.3, -0.25) is 9.69 Å². The van der Waals surface area contributed by atoms with Crippen molar-refractivity contribution in [2.24, 2.45) is 11.8 Å². The number of hydrogen-bond acceptors (Lipinski definition) is 3. The number of rotatable bonds is 3. The molecule has 0 radical (unpaired) electrons. The monoisotopic (exact) mass is 227 g/mol. The van der Waals surface area contributed by atoms with Gasteiger partial charge < -0.3 is 10.2 Å². The summed E-state index contributed by atoms with van der Waals surface area (Å²) in [7, 11) is 0. The van der Waals surface area contributed by atoms with Crippen molar-refractivity contribution in [1.82, 2.24) is 4.90 Å². The fourth-order valence-corrected chi connectivity index (χ4v) is 1.84. The molecule has 0 aromatic carbocycles. The summed E-state index contributed by atoms with van der Waals surface area (Å²) in [5, 5.41) is 17.2. The van der Waals surface area contributed by atoms with Crippen LogP contribution in [0.15, 0.2) is 0 Å². The highest BCUT2D eigenvalue weighted by Crippen LogP contribution is 2.37. The van der Waals surface area contributed by atoms with Crippen LogP contribution in [-0.4, -0.2) is 53.5 Å². The summed E-state index contributed by atoms with van der Waals surface area (Å²) in [4.78, 5) is 11.5. The van der Waals surface area contributed by atoms with Gasteiger partial charge in [-0.1, -0.05) is 0 Å². The van der Waals surface area contributed by atoms with Crippen LogP contribution in [0.2, 0.25) is 0 Å². The van der Waals surface area contributed by atoms with E-state index in [-0.39, 0.29) is 13.1 Å². The first kappa shape index (κ1) is 12.3. The van der Waals surface area contributed by atoms with Gasteiger partial charge in [0, 0.05) is 25.6 Å². The van der Waals surface area contributed by atoms with Crippen LogP contribution in [0, 0.1) is 11.8 Å². The van der Waals surface area contributed by atoms with Crippen molar-refractivity contribution in [1.29, 1.82) is 0 Å². The summed E-state index contributed by atoms with van der Waals surface area (Å²) in [6, 6.07) is 0. The van der Waals surface area contributed by atoms with E-state index in [1.807, 2.05) is 0 Å². The van der Waals surface area contributed by atoms with Gasteiger partial charge in [-0.15, -0.1) is 0 Å². The maximum atomic E-state index is 12.4. The van der Waals surface area contributed by atoms with E-state index in [4.69, 9.17) is 10.2 Å². The summed E-state index contributed by atoms with van der Waals surface area (Å²) in [5.74, 6) is -3.69. The van der Waals surface area contributed by atoms with E-state index in [2.05, 4.69) is 0 Å². The number of aliphatic hydroxyl groups excluding tert-OH is 1. The zero-order chi connectivity index (χ0) is 11.6. The van der Waals surface area contributed by atoms with Crippen molar-refractivity contribution in [2.75, 3.05) is 26.2 Å². The number of hydrogen-bond donors (Lipinski definition) is 2. The van der Waals surface area contributed by atoms with Gasteiger partial charge in [-0.25, -0.2) is 0 Å². The molecule has 0 aromatic heterocycles. The van der Waals surface area contributed by atoms with Crippen molar-refractivity contribution in [3.05, 3.63) is 0 Å². The minimum atomic E-state index is -4.37. The molecule has 1 heterocycles. The molecule has 0 aromatic rings. The fourth-order valence-electron chi connectivity index (χ4n) is 1.84. The highest BCUT2D eigenvalue weighted by Gasteiger charge is 2.49. The first-order chi connectivity index (χ1) is 6.84. The predicted octanol–water partition coefficient (Wildman–Crippen LogP) is 0.174. The number of nitrogens with zero attached hydrogens (tertiary/aromatic N) is 1. The minimum absolute atomic E-state index is 0.0209. The molecule has 0 amide bonds. The topological polar surface area (TPSA) is 60.8 Å². The molecule has 15 heavy (non-hydrogen) atoms. The summed E-state index contributed by atoms with van der Waals surface area (Å²) in [6.07, 6.45) is -4.37. The molecular weight excluding hydrogens is 215 g/mol. The molecule has 1 saturated heterocycles. The minimum Gasteiger partial charge on any atom is -0.480 e. The summed E-state index contributed by atoms with van der Waals surface area (Å²) >= 11 is 0. The van der Waals surface area contributed by atoms with Crippen LogP contribution in [0.25, 0.3) is 0 Å². The molecule has 0 saturated carbocycles. The van der Waals surface area contributed by atoms with Gasteiger partial charge in [-0.05, 0) is 0 Å². The second kappa shape index (κ2) is 4.36. The normalized spacial score (nSPS) is 28.3. The van der Waals surface area contributed by atoms with Gasteiger partial charge >= 0.3 is 12.1 Å². The Hall–Kier alpha value is -0.820. The number of aliphatic carboxylic acids is 1. The van der Waals surface area contributed by atoms with Crippen molar-refractivity contribution in [3.8, 4) is 0 Å². The van der Waals surface area contributed by atoms with Gasteiger partial charge in [0.2, 0.25) is 0 Å². The van der Waals surface area contributed by atoms with Crippen LogP contribution in [-0.2, 0) is 4.79 Å². The summed E-state index contributed by atoms with van der Waals surface area (Å²) < 4.78 is 37.3. The van der Waals surface area contributed by atoms with Crippen LogP contribution in [0.4, 0.5) is 13.2 Å². The van der Waals surface area contributed by atoms with Crippen LogP contribution in [0.3, 0.4) is 0 Å². The third-order valence-corrected chi connectivity index (χ3v) is 2.53. The van der Waals surface area contributed by atoms with Crippen LogP contribution in [0.1, 0.15) is 0 Å². The first-order valence-electron chi connectivity index (χ1n) is 4.46. The number of carbonyl (C=O) groups is 1. The Morgan fingerprint density at radius 2 is 2.00 bits per heavy atom. The third kappa shape index (κ3) is 3.07. The lowest BCUT2D eigenvalue weighted by atomic mass is 9.97. The average Bonchev–Trinajstić information content (AvgIpc) is 2.45. The second-order valence-corrected chi connectivity index (χ2v) is 3.68. The molecule has 1 aliphatic rings. The smallest absolute Gasteiger partial charge is 0.393 e. The largest absolute Gasteiger partial charge is 0.480 e. The number of carboxylic acids is 1. The van der Waals surface area contributed by atoms with Crippen molar-refractivity contribution < 1.29 is 28.2 Å². The maximum Gasteiger partial charge on any atom is 0.393 e. The van der Waals surface area contributed by atoms with Gasteiger partial charge in [0.15, 0.2) is 0 Å². The molecular formula is C8H12F3NO3. The Balaban J connectivity index is 2.63. The Morgan fingerprint density at radius 1 is 1.40 bits per heavy atom. The molecule has 2 N–H and O–H groups in total. The van der Waals surface area contributed by atoms with E-state index in [1.165, 1.54) is 4.90 Å². The van der Waals surface area contributed by atoms with E-state index in [0.717, 1.165) is 0 Å². The number of carboxylic acid groups (broad SMARTS) is 1. The second-order valence-electron chi connectivity index (χ2n) is 3.68. The van der Waals surface area contributed by atoms with Gasteiger partial charge in [-0.2, -0.15) is 13.2 Å². The van der Waals surface area contributed by atoms with Crippen molar-refractivity contribution in [2.45, 2.75) is 6.18 Å². The molecule has 4 nitrogen and oxygen atoms in total. The maximum absolute atomic E-state index is 12.4. The Kier molecular flexibility index (Phi) is 3.56. The van der Waals surface area contributed by atoms with E-state index in [1.54, 1.807) is 0 Å². The lowest BCUT2D eigenvalue weighted by molar-refractivity contribution is -0.183. The SMILES string of the molecule is O=C(O)CN1C[C@H](CO)[C@H](C(F)(F)F)C1. The highest BCUT2D eigenvalue weighted by molar-refractivity contribution is 5.69. The van der Waals surface area contributed by atoms with Crippen LogP contribution < -0.4 is 0 Å².